The molecule has 17 heavy (non-hydrogen) atoms. The number of nitrogen functional groups attached to an aromatic ring is 1. The average molecular weight is 303 g/mol. The SMILES string of the molecule is COc1nc(N2CCCC2)ccc1N.Cl.Cl.Cl. The third-order valence-electron chi connectivity index (χ3n) is 2.50. The maximum Gasteiger partial charge on any atom is 0.238 e. The number of aromatic nitrogens is 1. The minimum absolute atomic E-state index is 0. The lowest BCUT2D eigenvalue weighted by Gasteiger charge is -2.17. The lowest BCUT2D eigenvalue weighted by Crippen LogP contribution is -2.19. The Morgan fingerprint density at radius 2 is 1.76 bits per heavy atom. The molecule has 0 spiro atoms. The summed E-state index contributed by atoms with van der Waals surface area (Å²) in [7, 11) is 1.59. The average Bonchev–Trinajstić information content (AvgIpc) is 2.71. The Labute approximate surface area is 120 Å². The topological polar surface area (TPSA) is 51.4 Å². The van der Waals surface area contributed by atoms with Crippen molar-refractivity contribution in [3.8, 4) is 5.88 Å². The molecule has 2 N–H and O–H groups in total. The van der Waals surface area contributed by atoms with E-state index in [9.17, 15) is 0 Å². The van der Waals surface area contributed by atoms with E-state index < -0.39 is 0 Å². The summed E-state index contributed by atoms with van der Waals surface area (Å²) in [6.07, 6.45) is 2.49. The van der Waals surface area contributed by atoms with Crippen molar-refractivity contribution >= 4 is 48.7 Å². The zero-order valence-electron chi connectivity index (χ0n) is 9.59. The van der Waals surface area contributed by atoms with E-state index in [4.69, 9.17) is 10.5 Å². The molecule has 4 nitrogen and oxygen atoms in total. The van der Waals surface area contributed by atoms with Crippen molar-refractivity contribution in [2.24, 2.45) is 0 Å². The largest absolute Gasteiger partial charge is 0.479 e. The molecule has 0 radical (unpaired) electrons. The molecule has 1 aliphatic heterocycles. The van der Waals surface area contributed by atoms with Crippen LogP contribution < -0.4 is 15.4 Å². The van der Waals surface area contributed by atoms with Gasteiger partial charge in [0.2, 0.25) is 5.88 Å². The molecule has 0 saturated carbocycles. The van der Waals surface area contributed by atoms with Crippen LogP contribution in [-0.4, -0.2) is 25.2 Å². The van der Waals surface area contributed by atoms with E-state index in [2.05, 4.69) is 9.88 Å². The lowest BCUT2D eigenvalue weighted by atomic mass is 10.4. The summed E-state index contributed by atoms with van der Waals surface area (Å²) >= 11 is 0. The number of nitrogens with two attached hydrogens (primary N) is 1. The van der Waals surface area contributed by atoms with Crippen LogP contribution in [0.3, 0.4) is 0 Å². The second-order valence-corrected chi connectivity index (χ2v) is 3.46. The summed E-state index contributed by atoms with van der Waals surface area (Å²) in [5.41, 5.74) is 6.29. The van der Waals surface area contributed by atoms with Gasteiger partial charge in [0.05, 0.1) is 12.8 Å². The molecule has 7 heteroatoms. The number of rotatable bonds is 2. The maximum atomic E-state index is 5.69. The monoisotopic (exact) mass is 301 g/mol. The van der Waals surface area contributed by atoms with Gasteiger partial charge in [-0.1, -0.05) is 0 Å². The number of halogens is 3. The first-order valence-electron chi connectivity index (χ1n) is 4.87. The van der Waals surface area contributed by atoms with E-state index in [1.807, 2.05) is 12.1 Å². The number of ether oxygens (including phenoxy) is 1. The highest BCUT2D eigenvalue weighted by Gasteiger charge is 2.14. The molecule has 2 rings (SSSR count). The van der Waals surface area contributed by atoms with Crippen LogP contribution in [0.4, 0.5) is 11.5 Å². The molecule has 0 amide bonds. The molecule has 1 aliphatic rings. The van der Waals surface area contributed by atoms with E-state index in [0.29, 0.717) is 11.6 Å². The molecule has 1 saturated heterocycles. The minimum Gasteiger partial charge on any atom is -0.479 e. The van der Waals surface area contributed by atoms with Gasteiger partial charge in [0.1, 0.15) is 5.82 Å². The smallest absolute Gasteiger partial charge is 0.238 e. The Hall–Kier alpha value is -0.580. The van der Waals surface area contributed by atoms with Crippen LogP contribution in [0.5, 0.6) is 5.88 Å². The number of anilines is 2. The zero-order valence-corrected chi connectivity index (χ0v) is 12.0. The van der Waals surface area contributed by atoms with Crippen LogP contribution >= 0.6 is 37.2 Å². The van der Waals surface area contributed by atoms with Gasteiger partial charge in [-0.25, -0.2) is 0 Å². The molecular weight excluding hydrogens is 284 g/mol. The van der Waals surface area contributed by atoms with Crippen molar-refractivity contribution in [1.82, 2.24) is 4.98 Å². The fourth-order valence-corrected chi connectivity index (χ4v) is 1.73. The summed E-state index contributed by atoms with van der Waals surface area (Å²) in [5.74, 6) is 1.49. The van der Waals surface area contributed by atoms with E-state index >= 15 is 0 Å². The van der Waals surface area contributed by atoms with Crippen molar-refractivity contribution in [3.63, 3.8) is 0 Å². The molecule has 0 bridgehead atoms. The Morgan fingerprint density at radius 3 is 2.29 bits per heavy atom. The highest BCUT2D eigenvalue weighted by atomic mass is 35.5. The molecule has 1 fully saturated rings. The quantitative estimate of drug-likeness (QED) is 0.912. The van der Waals surface area contributed by atoms with Crippen molar-refractivity contribution in [1.29, 1.82) is 0 Å². The third-order valence-corrected chi connectivity index (χ3v) is 2.50. The second kappa shape index (κ2) is 8.50. The summed E-state index contributed by atoms with van der Waals surface area (Å²) < 4.78 is 5.08. The van der Waals surface area contributed by atoms with Crippen LogP contribution in [0.1, 0.15) is 12.8 Å². The molecular formula is C10H18Cl3N3O. The fourth-order valence-electron chi connectivity index (χ4n) is 1.73. The number of nitrogens with zero attached hydrogens (tertiary/aromatic N) is 2. The fraction of sp³-hybridized carbons (Fsp3) is 0.500. The van der Waals surface area contributed by atoms with Gasteiger partial charge in [0.15, 0.2) is 0 Å². The molecule has 1 aromatic rings. The van der Waals surface area contributed by atoms with Gasteiger partial charge in [-0.15, -0.1) is 37.2 Å². The van der Waals surface area contributed by atoms with E-state index in [-0.39, 0.29) is 37.2 Å². The Kier molecular flexibility index (Phi) is 9.39. The van der Waals surface area contributed by atoms with Crippen LogP contribution in [0.2, 0.25) is 0 Å². The highest BCUT2D eigenvalue weighted by Crippen LogP contribution is 2.24. The van der Waals surface area contributed by atoms with Gasteiger partial charge >= 0.3 is 0 Å². The van der Waals surface area contributed by atoms with Gasteiger partial charge in [0.25, 0.3) is 0 Å². The molecule has 2 heterocycles. The molecule has 0 unspecified atom stereocenters. The molecule has 0 atom stereocenters. The van der Waals surface area contributed by atoms with Gasteiger partial charge < -0.3 is 15.4 Å². The number of hydrogen-bond donors (Lipinski definition) is 1. The summed E-state index contributed by atoms with van der Waals surface area (Å²) in [5, 5.41) is 0. The van der Waals surface area contributed by atoms with E-state index in [1.165, 1.54) is 12.8 Å². The van der Waals surface area contributed by atoms with Crippen LogP contribution in [0.25, 0.3) is 0 Å². The lowest BCUT2D eigenvalue weighted by molar-refractivity contribution is 0.400. The number of pyridine rings is 1. The predicted molar refractivity (Wildman–Crippen MR) is 78.4 cm³/mol. The number of hydrogen-bond acceptors (Lipinski definition) is 4. The van der Waals surface area contributed by atoms with Crippen LogP contribution in [0.15, 0.2) is 12.1 Å². The highest BCUT2D eigenvalue weighted by molar-refractivity contribution is 5.86. The first-order valence-corrected chi connectivity index (χ1v) is 4.87. The molecule has 0 aromatic carbocycles. The first-order chi connectivity index (χ1) is 6.81. The molecule has 100 valence electrons. The maximum absolute atomic E-state index is 5.69. The second-order valence-electron chi connectivity index (χ2n) is 3.46. The number of methoxy groups -OCH3 is 1. The third kappa shape index (κ3) is 4.30. The normalized spacial score (nSPS) is 13.1. The van der Waals surface area contributed by atoms with Crippen LogP contribution in [0, 0.1) is 0 Å². The predicted octanol–water partition coefficient (Wildman–Crippen LogP) is 2.54. The summed E-state index contributed by atoms with van der Waals surface area (Å²) in [6, 6.07) is 3.79. The minimum atomic E-state index is 0. The van der Waals surface area contributed by atoms with E-state index in [1.54, 1.807) is 7.11 Å². The van der Waals surface area contributed by atoms with E-state index in [0.717, 1.165) is 18.9 Å². The zero-order chi connectivity index (χ0) is 9.97. The summed E-state index contributed by atoms with van der Waals surface area (Å²) in [6.45, 7) is 2.17. The summed E-state index contributed by atoms with van der Waals surface area (Å²) in [4.78, 5) is 6.60. The van der Waals surface area contributed by atoms with Gasteiger partial charge in [-0.05, 0) is 25.0 Å². The van der Waals surface area contributed by atoms with Crippen molar-refractivity contribution in [2.45, 2.75) is 12.8 Å². The van der Waals surface area contributed by atoms with Crippen molar-refractivity contribution in [3.05, 3.63) is 12.1 Å². The standard InChI is InChI=1S/C10H15N3O.3ClH/c1-14-10-8(11)4-5-9(12-10)13-6-2-3-7-13;;;/h4-5H,2-3,6-7,11H2,1H3;3*1H. The van der Waals surface area contributed by atoms with Crippen molar-refractivity contribution in [2.75, 3.05) is 30.8 Å². The van der Waals surface area contributed by atoms with Gasteiger partial charge in [0, 0.05) is 13.1 Å². The first kappa shape index (κ1) is 18.8. The Balaban J connectivity index is 0. The van der Waals surface area contributed by atoms with Crippen molar-refractivity contribution < 1.29 is 4.74 Å². The van der Waals surface area contributed by atoms with Gasteiger partial charge in [-0.3, -0.25) is 0 Å². The Bertz CT molecular complexity index is 333. The molecule has 0 aliphatic carbocycles. The van der Waals surface area contributed by atoms with Gasteiger partial charge in [-0.2, -0.15) is 4.98 Å². The molecule has 1 aromatic heterocycles. The Morgan fingerprint density at radius 1 is 1.18 bits per heavy atom. The van der Waals surface area contributed by atoms with Crippen LogP contribution in [-0.2, 0) is 0 Å².